The predicted molar refractivity (Wildman–Crippen MR) is 139 cm³/mol. The van der Waals surface area contributed by atoms with Gasteiger partial charge in [0.1, 0.15) is 18.1 Å². The van der Waals surface area contributed by atoms with Gasteiger partial charge >= 0.3 is 0 Å². The molecule has 0 fully saturated rings. The van der Waals surface area contributed by atoms with Crippen molar-refractivity contribution in [3.63, 3.8) is 0 Å². The number of para-hydroxylation sites is 2. The molecule has 7 heteroatoms. The highest BCUT2D eigenvalue weighted by Crippen LogP contribution is 2.52. The van der Waals surface area contributed by atoms with Crippen LogP contribution in [0.1, 0.15) is 54.2 Å². The van der Waals surface area contributed by atoms with Crippen molar-refractivity contribution in [1.29, 1.82) is 0 Å². The second-order valence-corrected chi connectivity index (χ2v) is 9.28. The Kier molecular flexibility index (Phi) is 5.40. The van der Waals surface area contributed by atoms with Crippen LogP contribution in [-0.2, 0) is 0 Å². The van der Waals surface area contributed by atoms with E-state index >= 15 is 0 Å². The van der Waals surface area contributed by atoms with Crippen molar-refractivity contribution >= 4 is 11.6 Å². The molecule has 2 aliphatic rings. The maximum absolute atomic E-state index is 6.74. The molecule has 2 atom stereocenters. The Morgan fingerprint density at radius 3 is 2.50 bits per heavy atom. The average molecular weight is 481 g/mol. The third-order valence-corrected chi connectivity index (χ3v) is 6.96. The zero-order chi connectivity index (χ0) is 24.8. The fraction of sp³-hybridized carbons (Fsp3) is 0.241. The Bertz CT molecular complexity index is 1460. The third kappa shape index (κ3) is 3.42. The minimum absolute atomic E-state index is 0.228. The van der Waals surface area contributed by atoms with Crippen molar-refractivity contribution in [2.24, 2.45) is 0 Å². The van der Waals surface area contributed by atoms with E-state index in [-0.39, 0.29) is 6.04 Å². The molecule has 182 valence electrons. The third-order valence-electron chi connectivity index (χ3n) is 6.96. The van der Waals surface area contributed by atoms with Gasteiger partial charge in [-0.3, -0.25) is 0 Å². The fourth-order valence-electron chi connectivity index (χ4n) is 5.18. The minimum atomic E-state index is -0.445. The van der Waals surface area contributed by atoms with Crippen molar-refractivity contribution in [3.05, 3.63) is 101 Å². The second kappa shape index (κ2) is 8.75. The number of ether oxygens (including phenoxy) is 3. The van der Waals surface area contributed by atoms with Gasteiger partial charge in [0.15, 0.2) is 17.6 Å². The smallest absolute Gasteiger partial charge is 0.226 e. The monoisotopic (exact) mass is 480 g/mol. The van der Waals surface area contributed by atoms with Gasteiger partial charge in [0.25, 0.3) is 0 Å². The first-order valence-electron chi connectivity index (χ1n) is 12.1. The number of hydrogen-bond donors (Lipinski definition) is 1. The molecule has 2 aliphatic heterocycles. The zero-order valence-corrected chi connectivity index (χ0v) is 20.7. The molecule has 0 spiro atoms. The van der Waals surface area contributed by atoms with E-state index in [1.54, 1.807) is 20.5 Å². The van der Waals surface area contributed by atoms with E-state index in [2.05, 4.69) is 59.6 Å². The van der Waals surface area contributed by atoms with Crippen LogP contribution in [0.2, 0.25) is 0 Å². The van der Waals surface area contributed by atoms with Crippen LogP contribution in [0.25, 0.3) is 5.70 Å². The van der Waals surface area contributed by atoms with Gasteiger partial charge in [-0.2, -0.15) is 10.1 Å². The summed E-state index contributed by atoms with van der Waals surface area (Å²) in [5.41, 5.74) is 6.28. The van der Waals surface area contributed by atoms with Crippen molar-refractivity contribution in [1.82, 2.24) is 14.8 Å². The SMILES string of the molecule is COc1cccc([C@H]2Oc3ccccc3C3=C2[C@@H](c2ccc(C(C)C)cc2)n2ncnc2N3)c1OC. The van der Waals surface area contributed by atoms with Gasteiger partial charge in [0.05, 0.1) is 19.9 Å². The first kappa shape index (κ1) is 22.2. The molecule has 0 radical (unpaired) electrons. The summed E-state index contributed by atoms with van der Waals surface area (Å²) in [4.78, 5) is 4.52. The van der Waals surface area contributed by atoms with E-state index in [0.29, 0.717) is 23.4 Å². The van der Waals surface area contributed by atoms with Gasteiger partial charge in [-0.15, -0.1) is 0 Å². The predicted octanol–water partition coefficient (Wildman–Crippen LogP) is 5.98. The highest BCUT2D eigenvalue weighted by Gasteiger charge is 2.42. The van der Waals surface area contributed by atoms with Gasteiger partial charge in [-0.05, 0) is 35.2 Å². The lowest BCUT2D eigenvalue weighted by atomic mass is 9.84. The highest BCUT2D eigenvalue weighted by molar-refractivity contribution is 5.85. The van der Waals surface area contributed by atoms with E-state index in [4.69, 9.17) is 14.2 Å². The Morgan fingerprint density at radius 2 is 1.75 bits per heavy atom. The summed E-state index contributed by atoms with van der Waals surface area (Å²) in [6, 6.07) is 22.5. The maximum Gasteiger partial charge on any atom is 0.226 e. The summed E-state index contributed by atoms with van der Waals surface area (Å²) in [6.07, 6.45) is 1.14. The van der Waals surface area contributed by atoms with Crippen LogP contribution < -0.4 is 19.5 Å². The van der Waals surface area contributed by atoms with E-state index in [0.717, 1.165) is 33.7 Å². The van der Waals surface area contributed by atoms with Crippen LogP contribution in [-0.4, -0.2) is 29.0 Å². The van der Waals surface area contributed by atoms with E-state index < -0.39 is 6.10 Å². The number of nitrogens with one attached hydrogen (secondary N) is 1. The molecule has 1 N–H and O–H groups in total. The molecule has 36 heavy (non-hydrogen) atoms. The molecule has 6 rings (SSSR count). The molecule has 1 aromatic heterocycles. The normalized spacial score (nSPS) is 18.0. The number of benzene rings is 3. The molecule has 0 saturated heterocycles. The van der Waals surface area contributed by atoms with E-state index in [9.17, 15) is 0 Å². The van der Waals surface area contributed by atoms with Crippen LogP contribution in [0.3, 0.4) is 0 Å². The van der Waals surface area contributed by atoms with Crippen molar-refractivity contribution in [2.45, 2.75) is 31.9 Å². The maximum atomic E-state index is 6.74. The lowest BCUT2D eigenvalue weighted by Crippen LogP contribution is -2.32. The highest BCUT2D eigenvalue weighted by atomic mass is 16.5. The molecule has 3 heterocycles. The lowest BCUT2D eigenvalue weighted by Gasteiger charge is -2.39. The first-order chi connectivity index (χ1) is 17.6. The van der Waals surface area contributed by atoms with Gasteiger partial charge in [-0.25, -0.2) is 4.68 Å². The molecular formula is C29H28N4O3. The number of methoxy groups -OCH3 is 2. The standard InChI is InChI=1S/C29H28N4O3/c1-17(2)18-12-14-19(15-13-18)26-24-25(32-29-30-16-31-33(26)29)20-8-5-6-10-22(20)36-28(24)21-9-7-11-23(34-3)27(21)35-4/h5-17,26,28H,1-4H3,(H,30,31,32)/t26-,28-/m1/s1. The largest absolute Gasteiger partial charge is 0.493 e. The summed E-state index contributed by atoms with van der Waals surface area (Å²) in [7, 11) is 3.30. The number of nitrogens with zero attached hydrogens (tertiary/aromatic N) is 3. The number of hydrogen-bond acceptors (Lipinski definition) is 6. The zero-order valence-electron chi connectivity index (χ0n) is 20.7. The van der Waals surface area contributed by atoms with Crippen LogP contribution >= 0.6 is 0 Å². The lowest BCUT2D eigenvalue weighted by molar-refractivity contribution is 0.216. The Balaban J connectivity index is 1.61. The average Bonchev–Trinajstić information content (AvgIpc) is 3.39. The molecule has 0 bridgehead atoms. The van der Waals surface area contributed by atoms with E-state index in [1.165, 1.54) is 5.56 Å². The van der Waals surface area contributed by atoms with Gasteiger partial charge in [-0.1, -0.05) is 62.4 Å². The van der Waals surface area contributed by atoms with Crippen molar-refractivity contribution < 1.29 is 14.2 Å². The van der Waals surface area contributed by atoms with Crippen LogP contribution in [0.5, 0.6) is 17.2 Å². The molecule has 0 amide bonds. The summed E-state index contributed by atoms with van der Waals surface area (Å²) in [5.74, 6) is 3.24. The number of rotatable bonds is 5. The number of anilines is 1. The molecule has 0 aliphatic carbocycles. The van der Waals surface area contributed by atoms with Crippen molar-refractivity contribution in [2.75, 3.05) is 19.5 Å². The molecule has 0 saturated carbocycles. The first-order valence-corrected chi connectivity index (χ1v) is 12.1. The van der Waals surface area contributed by atoms with Gasteiger partial charge in [0.2, 0.25) is 5.95 Å². The number of aromatic nitrogens is 3. The Hall–Kier alpha value is -4.26. The minimum Gasteiger partial charge on any atom is -0.493 e. The van der Waals surface area contributed by atoms with Crippen molar-refractivity contribution in [3.8, 4) is 17.2 Å². The summed E-state index contributed by atoms with van der Waals surface area (Å²) in [6.45, 7) is 4.40. The van der Waals surface area contributed by atoms with Gasteiger partial charge in [0, 0.05) is 16.7 Å². The second-order valence-electron chi connectivity index (χ2n) is 9.28. The van der Waals surface area contributed by atoms with Crippen LogP contribution in [0, 0.1) is 0 Å². The number of fused-ring (bicyclic) bond motifs is 3. The summed E-state index contributed by atoms with van der Waals surface area (Å²) < 4.78 is 20.1. The molecule has 0 unspecified atom stereocenters. The molecule has 3 aromatic carbocycles. The fourth-order valence-corrected chi connectivity index (χ4v) is 5.18. The van der Waals surface area contributed by atoms with E-state index in [1.807, 2.05) is 41.1 Å². The van der Waals surface area contributed by atoms with Crippen LogP contribution in [0.4, 0.5) is 5.95 Å². The molecule has 7 nitrogen and oxygen atoms in total. The Labute approximate surface area is 210 Å². The molecular weight excluding hydrogens is 452 g/mol. The van der Waals surface area contributed by atoms with Crippen LogP contribution in [0.15, 0.2) is 78.6 Å². The molecule has 4 aromatic rings. The Morgan fingerprint density at radius 1 is 0.944 bits per heavy atom. The summed E-state index contributed by atoms with van der Waals surface area (Å²) >= 11 is 0. The topological polar surface area (TPSA) is 70.4 Å². The van der Waals surface area contributed by atoms with Gasteiger partial charge < -0.3 is 19.5 Å². The quantitative estimate of drug-likeness (QED) is 0.379. The summed E-state index contributed by atoms with van der Waals surface area (Å²) in [5, 5.41) is 8.17.